The average molecular weight is 274 g/mol. The fraction of sp³-hybridized carbons (Fsp3) is 0.286. The molecule has 0 fully saturated rings. The Balaban J connectivity index is 2.21. The molecule has 4 nitrogen and oxygen atoms in total. The Bertz CT molecular complexity index is 510. The number of likely N-dealkylation sites (N-methyl/N-ethyl adjacent to an activating group) is 1. The largest absolute Gasteiger partial charge is 0.392 e. The summed E-state index contributed by atoms with van der Waals surface area (Å²) in [5.41, 5.74) is 8.08. The molecule has 3 N–H and O–H groups in total. The normalized spacial score (nSPS) is 12.5. The van der Waals surface area contributed by atoms with Gasteiger partial charge in [-0.2, -0.15) is 0 Å². The summed E-state index contributed by atoms with van der Waals surface area (Å²) in [4.78, 5) is 9.84. The third kappa shape index (κ3) is 3.39. The molecule has 0 radical (unpaired) electrons. The highest BCUT2D eigenvalue weighted by Gasteiger charge is 2.23. The van der Waals surface area contributed by atoms with Gasteiger partial charge >= 0.3 is 0 Å². The van der Waals surface area contributed by atoms with Crippen molar-refractivity contribution in [2.24, 2.45) is 5.73 Å². The maximum Gasteiger partial charge on any atom is 0.103 e. The number of nitrogens with two attached hydrogens (primary N) is 1. The van der Waals surface area contributed by atoms with E-state index in [4.69, 9.17) is 18.0 Å². The van der Waals surface area contributed by atoms with Gasteiger partial charge < -0.3 is 10.7 Å². The maximum atomic E-state index is 5.90. The van der Waals surface area contributed by atoms with Gasteiger partial charge in [0.2, 0.25) is 0 Å². The van der Waals surface area contributed by atoms with Crippen molar-refractivity contribution in [3.63, 3.8) is 0 Å². The highest BCUT2D eigenvalue weighted by Crippen LogP contribution is 2.21. The average Bonchev–Trinajstić information content (AvgIpc) is 2.92. The lowest BCUT2D eigenvalue weighted by Crippen LogP contribution is -2.36. The molecule has 1 aromatic carbocycles. The second-order valence-electron chi connectivity index (χ2n) is 4.36. The van der Waals surface area contributed by atoms with Crippen LogP contribution in [-0.2, 0) is 6.54 Å². The van der Waals surface area contributed by atoms with Gasteiger partial charge in [-0.25, -0.2) is 4.98 Å². The molecule has 0 bridgehead atoms. The Hall–Kier alpha value is -1.72. The van der Waals surface area contributed by atoms with Crippen LogP contribution in [0.15, 0.2) is 42.9 Å². The first kappa shape index (κ1) is 13.7. The summed E-state index contributed by atoms with van der Waals surface area (Å²) in [6.45, 7) is 3.76. The second kappa shape index (κ2) is 6.45. The van der Waals surface area contributed by atoms with Crippen LogP contribution in [0.25, 0.3) is 0 Å². The van der Waals surface area contributed by atoms with Crippen LogP contribution in [-0.4, -0.2) is 26.4 Å². The highest BCUT2D eigenvalue weighted by molar-refractivity contribution is 7.80. The number of benzene rings is 1. The quantitative estimate of drug-likeness (QED) is 0.793. The highest BCUT2D eigenvalue weighted by atomic mass is 32.1. The fourth-order valence-corrected chi connectivity index (χ4v) is 2.43. The number of imidazole rings is 1. The summed E-state index contributed by atoms with van der Waals surface area (Å²) in [7, 11) is 0. The summed E-state index contributed by atoms with van der Waals surface area (Å²) >= 11 is 5.21. The fourth-order valence-electron chi connectivity index (χ4n) is 2.15. The molecule has 1 unspecified atom stereocenters. The number of rotatable bonds is 6. The number of aromatic amines is 1. The van der Waals surface area contributed by atoms with Crippen LogP contribution < -0.4 is 5.73 Å². The zero-order chi connectivity index (χ0) is 13.7. The molecule has 1 aromatic heterocycles. The number of nitrogens with one attached hydrogen (secondary N) is 1. The second-order valence-corrected chi connectivity index (χ2v) is 4.83. The summed E-state index contributed by atoms with van der Waals surface area (Å²) in [6, 6.07) is 10.2. The van der Waals surface area contributed by atoms with Gasteiger partial charge in [-0.05, 0) is 12.1 Å². The van der Waals surface area contributed by atoms with Crippen LogP contribution in [0, 0.1) is 0 Å². The molecule has 0 amide bonds. The van der Waals surface area contributed by atoms with Gasteiger partial charge in [-0.15, -0.1) is 0 Å². The molecular weight excluding hydrogens is 256 g/mol. The van der Waals surface area contributed by atoms with Crippen LogP contribution >= 0.6 is 12.2 Å². The molecule has 0 saturated heterocycles. The van der Waals surface area contributed by atoms with Crippen molar-refractivity contribution >= 4 is 17.2 Å². The monoisotopic (exact) mass is 274 g/mol. The van der Waals surface area contributed by atoms with Crippen LogP contribution in [0.3, 0.4) is 0 Å². The van der Waals surface area contributed by atoms with Gasteiger partial charge in [0.1, 0.15) is 6.04 Å². The minimum atomic E-state index is -0.109. The summed E-state index contributed by atoms with van der Waals surface area (Å²) in [5.74, 6) is 0. The van der Waals surface area contributed by atoms with E-state index in [2.05, 4.69) is 33.9 Å². The van der Waals surface area contributed by atoms with Crippen LogP contribution in [0.5, 0.6) is 0 Å². The summed E-state index contributed by atoms with van der Waals surface area (Å²) in [5, 5.41) is 0. The van der Waals surface area contributed by atoms with E-state index in [0.717, 1.165) is 18.8 Å². The van der Waals surface area contributed by atoms with E-state index in [-0.39, 0.29) is 6.04 Å². The number of aromatic nitrogens is 2. The van der Waals surface area contributed by atoms with Gasteiger partial charge in [0.05, 0.1) is 17.0 Å². The molecule has 0 aliphatic rings. The molecule has 5 heteroatoms. The molecule has 0 spiro atoms. The van der Waals surface area contributed by atoms with E-state index in [1.54, 1.807) is 12.5 Å². The van der Waals surface area contributed by atoms with Crippen molar-refractivity contribution in [2.45, 2.75) is 19.5 Å². The van der Waals surface area contributed by atoms with Crippen LogP contribution in [0.4, 0.5) is 0 Å². The van der Waals surface area contributed by atoms with E-state index >= 15 is 0 Å². The Morgan fingerprint density at radius 1 is 1.42 bits per heavy atom. The lowest BCUT2D eigenvalue weighted by atomic mass is 10.1. The molecule has 2 rings (SSSR count). The van der Waals surface area contributed by atoms with Gasteiger partial charge in [0, 0.05) is 12.7 Å². The van der Waals surface area contributed by atoms with Crippen molar-refractivity contribution in [1.82, 2.24) is 14.9 Å². The third-order valence-electron chi connectivity index (χ3n) is 3.08. The van der Waals surface area contributed by atoms with E-state index in [9.17, 15) is 0 Å². The maximum absolute atomic E-state index is 5.90. The van der Waals surface area contributed by atoms with E-state index < -0.39 is 0 Å². The van der Waals surface area contributed by atoms with Crippen molar-refractivity contribution in [2.75, 3.05) is 6.54 Å². The standard InChI is InChI=1S/C14H18N4S/c1-2-18(9-11-6-4-3-5-7-11)13(14(15)19)12-8-16-10-17-12/h3-8,10,13H,2,9H2,1H3,(H2,15,19)(H,16,17). The van der Waals surface area contributed by atoms with Crippen LogP contribution in [0.1, 0.15) is 24.2 Å². The molecule has 1 heterocycles. The van der Waals surface area contributed by atoms with Gasteiger partial charge in [-0.1, -0.05) is 49.5 Å². The predicted molar refractivity (Wildman–Crippen MR) is 80.6 cm³/mol. The number of hydrogen-bond acceptors (Lipinski definition) is 3. The molecule has 100 valence electrons. The molecule has 2 aromatic rings. The summed E-state index contributed by atoms with van der Waals surface area (Å²) < 4.78 is 0. The Morgan fingerprint density at radius 3 is 2.68 bits per heavy atom. The molecule has 19 heavy (non-hydrogen) atoms. The molecular formula is C14H18N4S. The first-order valence-electron chi connectivity index (χ1n) is 6.28. The SMILES string of the molecule is CCN(Cc1ccccc1)C(C(N)=S)c1cnc[nH]1. The molecule has 0 aliphatic heterocycles. The van der Waals surface area contributed by atoms with Crippen molar-refractivity contribution in [3.05, 3.63) is 54.1 Å². The minimum absolute atomic E-state index is 0.109. The predicted octanol–water partition coefficient (Wildman–Crippen LogP) is 2.26. The van der Waals surface area contributed by atoms with E-state index in [0.29, 0.717) is 4.99 Å². The topological polar surface area (TPSA) is 57.9 Å². The minimum Gasteiger partial charge on any atom is -0.392 e. The van der Waals surface area contributed by atoms with Gasteiger partial charge in [-0.3, -0.25) is 4.90 Å². The smallest absolute Gasteiger partial charge is 0.103 e. The number of thiocarbonyl (C=S) groups is 1. The van der Waals surface area contributed by atoms with Crippen molar-refractivity contribution in [3.8, 4) is 0 Å². The zero-order valence-corrected chi connectivity index (χ0v) is 11.7. The van der Waals surface area contributed by atoms with Crippen molar-refractivity contribution < 1.29 is 0 Å². The lowest BCUT2D eigenvalue weighted by Gasteiger charge is -2.29. The Kier molecular flexibility index (Phi) is 4.65. The lowest BCUT2D eigenvalue weighted by molar-refractivity contribution is 0.246. The van der Waals surface area contributed by atoms with Gasteiger partial charge in [0.25, 0.3) is 0 Å². The number of H-pyrrole nitrogens is 1. The first-order valence-corrected chi connectivity index (χ1v) is 6.68. The Labute approximate surface area is 118 Å². The summed E-state index contributed by atoms with van der Waals surface area (Å²) in [6.07, 6.45) is 3.43. The third-order valence-corrected chi connectivity index (χ3v) is 3.31. The zero-order valence-electron chi connectivity index (χ0n) is 10.9. The molecule has 0 saturated carbocycles. The molecule has 1 atom stereocenters. The van der Waals surface area contributed by atoms with Crippen molar-refractivity contribution in [1.29, 1.82) is 0 Å². The number of hydrogen-bond donors (Lipinski definition) is 2. The van der Waals surface area contributed by atoms with E-state index in [1.165, 1.54) is 5.56 Å². The van der Waals surface area contributed by atoms with E-state index in [1.807, 2.05) is 18.2 Å². The molecule has 0 aliphatic carbocycles. The Morgan fingerprint density at radius 2 is 2.16 bits per heavy atom. The van der Waals surface area contributed by atoms with Gasteiger partial charge in [0.15, 0.2) is 0 Å². The van der Waals surface area contributed by atoms with Crippen LogP contribution in [0.2, 0.25) is 0 Å². The number of nitrogens with zero attached hydrogens (tertiary/aromatic N) is 2. The first-order chi connectivity index (χ1) is 9.22.